The first-order chi connectivity index (χ1) is 11.0. The molecule has 0 saturated heterocycles. The van der Waals surface area contributed by atoms with E-state index in [1.165, 1.54) is 0 Å². The molecule has 0 atom stereocenters. The minimum Gasteiger partial charge on any atom is -0.494 e. The van der Waals surface area contributed by atoms with Crippen LogP contribution in [-0.4, -0.2) is 22.4 Å². The molecule has 0 aliphatic rings. The number of hydrogen-bond donors (Lipinski definition) is 2. The van der Waals surface area contributed by atoms with Crippen molar-refractivity contribution in [3.8, 4) is 11.6 Å². The van der Waals surface area contributed by atoms with E-state index in [1.807, 2.05) is 44.2 Å². The Balaban J connectivity index is 2.01. The first-order valence-electron chi connectivity index (χ1n) is 7.34. The van der Waals surface area contributed by atoms with Gasteiger partial charge in [-0.05, 0) is 44.2 Å². The van der Waals surface area contributed by atoms with E-state index in [1.54, 1.807) is 18.3 Å². The third kappa shape index (κ3) is 3.32. The summed E-state index contributed by atoms with van der Waals surface area (Å²) in [5.41, 5.74) is 2.11. The second-order valence-electron chi connectivity index (χ2n) is 5.47. The van der Waals surface area contributed by atoms with Gasteiger partial charge in [-0.15, -0.1) is 0 Å². The molecule has 0 amide bonds. The van der Waals surface area contributed by atoms with E-state index in [0.717, 1.165) is 10.9 Å². The molecule has 3 aromatic rings. The number of aromatic nitrogens is 1. The lowest BCUT2D eigenvalue weighted by Gasteiger charge is -2.11. The van der Waals surface area contributed by atoms with Crippen molar-refractivity contribution in [3.05, 3.63) is 53.1 Å². The fraction of sp³-hybridized carbons (Fsp3) is 0.167. The number of rotatable bonds is 4. The molecular weight excluding hydrogens is 312 g/mol. The highest BCUT2D eigenvalue weighted by molar-refractivity contribution is 6.31. The van der Waals surface area contributed by atoms with E-state index in [2.05, 4.69) is 9.98 Å². The number of ether oxygens (including phenoxy) is 1. The number of nitrogens with one attached hydrogen (secondary N) is 1. The van der Waals surface area contributed by atoms with Gasteiger partial charge in [0, 0.05) is 22.1 Å². The van der Waals surface area contributed by atoms with Gasteiger partial charge in [-0.1, -0.05) is 23.7 Å². The Labute approximate surface area is 139 Å². The molecule has 0 aliphatic carbocycles. The summed E-state index contributed by atoms with van der Waals surface area (Å²) < 4.78 is 5.75. The second kappa shape index (κ2) is 6.34. The maximum absolute atomic E-state index is 10.1. The van der Waals surface area contributed by atoms with Crippen LogP contribution >= 0.6 is 11.6 Å². The van der Waals surface area contributed by atoms with Crippen molar-refractivity contribution in [1.82, 2.24) is 4.98 Å². The highest BCUT2D eigenvalue weighted by atomic mass is 35.5. The molecule has 0 spiro atoms. The molecule has 1 aromatic heterocycles. The van der Waals surface area contributed by atoms with Gasteiger partial charge in [-0.3, -0.25) is 4.99 Å². The Morgan fingerprint density at radius 3 is 2.78 bits per heavy atom. The number of aromatic hydroxyl groups is 1. The SMILES string of the molecule is CC(C)Oc1ccccc1N=Cc1c(O)[nH]c2ccc(Cl)cc12. The van der Waals surface area contributed by atoms with Crippen LogP contribution in [0.5, 0.6) is 11.6 Å². The minimum absolute atomic E-state index is 0.0617. The summed E-state index contributed by atoms with van der Waals surface area (Å²) in [6.07, 6.45) is 1.68. The number of hydrogen-bond acceptors (Lipinski definition) is 3. The van der Waals surface area contributed by atoms with Crippen molar-refractivity contribution in [3.63, 3.8) is 0 Å². The maximum atomic E-state index is 10.1. The summed E-state index contributed by atoms with van der Waals surface area (Å²) in [6.45, 7) is 3.93. The van der Waals surface area contributed by atoms with Gasteiger partial charge in [0.25, 0.3) is 0 Å². The van der Waals surface area contributed by atoms with Gasteiger partial charge in [0.15, 0.2) is 5.88 Å². The number of H-pyrrole nitrogens is 1. The third-order valence-corrected chi connectivity index (χ3v) is 3.58. The predicted octanol–water partition coefficient (Wildman–Crippen LogP) is 5.06. The molecule has 0 unspecified atom stereocenters. The van der Waals surface area contributed by atoms with Gasteiger partial charge < -0.3 is 14.8 Å². The molecule has 0 fully saturated rings. The lowest BCUT2D eigenvalue weighted by molar-refractivity contribution is 0.243. The normalized spacial score (nSPS) is 11.7. The fourth-order valence-electron chi connectivity index (χ4n) is 2.35. The zero-order valence-corrected chi connectivity index (χ0v) is 13.6. The maximum Gasteiger partial charge on any atom is 0.198 e. The van der Waals surface area contributed by atoms with Crippen LogP contribution in [0, 0.1) is 0 Å². The summed E-state index contributed by atoms with van der Waals surface area (Å²) in [5, 5.41) is 11.5. The third-order valence-electron chi connectivity index (χ3n) is 3.34. The topological polar surface area (TPSA) is 57.6 Å². The summed E-state index contributed by atoms with van der Waals surface area (Å²) >= 11 is 6.04. The monoisotopic (exact) mass is 328 g/mol. The van der Waals surface area contributed by atoms with E-state index in [0.29, 0.717) is 22.0 Å². The zero-order valence-electron chi connectivity index (χ0n) is 12.9. The number of nitrogens with zero attached hydrogens (tertiary/aromatic N) is 1. The molecule has 0 bridgehead atoms. The van der Waals surface area contributed by atoms with Crippen molar-refractivity contribution < 1.29 is 9.84 Å². The van der Waals surface area contributed by atoms with Crippen molar-refractivity contribution in [2.24, 2.45) is 4.99 Å². The zero-order chi connectivity index (χ0) is 16.4. The van der Waals surface area contributed by atoms with E-state index in [4.69, 9.17) is 16.3 Å². The predicted molar refractivity (Wildman–Crippen MR) is 94.4 cm³/mol. The number of fused-ring (bicyclic) bond motifs is 1. The van der Waals surface area contributed by atoms with Gasteiger partial charge >= 0.3 is 0 Å². The number of aliphatic imine (C=N–C) groups is 1. The van der Waals surface area contributed by atoms with Crippen LogP contribution in [0.2, 0.25) is 5.02 Å². The Kier molecular flexibility index (Phi) is 4.26. The van der Waals surface area contributed by atoms with Crippen LogP contribution in [-0.2, 0) is 0 Å². The van der Waals surface area contributed by atoms with Gasteiger partial charge in [0.2, 0.25) is 0 Å². The molecular formula is C18H17ClN2O2. The van der Waals surface area contributed by atoms with Crippen LogP contribution < -0.4 is 4.74 Å². The van der Waals surface area contributed by atoms with E-state index >= 15 is 0 Å². The lowest BCUT2D eigenvalue weighted by Crippen LogP contribution is -2.05. The molecule has 2 aromatic carbocycles. The molecule has 1 heterocycles. The fourth-order valence-corrected chi connectivity index (χ4v) is 2.53. The van der Waals surface area contributed by atoms with Gasteiger partial charge in [-0.2, -0.15) is 0 Å². The lowest BCUT2D eigenvalue weighted by atomic mass is 10.2. The molecule has 4 nitrogen and oxygen atoms in total. The Morgan fingerprint density at radius 2 is 2.00 bits per heavy atom. The van der Waals surface area contributed by atoms with Gasteiger partial charge in [0.05, 0.1) is 11.7 Å². The largest absolute Gasteiger partial charge is 0.494 e. The Hall–Kier alpha value is -2.46. The Morgan fingerprint density at radius 1 is 1.22 bits per heavy atom. The molecule has 3 rings (SSSR count). The quantitative estimate of drug-likeness (QED) is 0.657. The highest BCUT2D eigenvalue weighted by Gasteiger charge is 2.10. The van der Waals surface area contributed by atoms with Crippen LogP contribution in [0.4, 0.5) is 5.69 Å². The number of para-hydroxylation sites is 2. The molecule has 2 N–H and O–H groups in total. The second-order valence-corrected chi connectivity index (χ2v) is 5.91. The molecule has 0 aliphatic heterocycles. The van der Waals surface area contributed by atoms with Crippen LogP contribution in [0.15, 0.2) is 47.5 Å². The summed E-state index contributed by atoms with van der Waals surface area (Å²) in [4.78, 5) is 7.38. The standard InChI is InChI=1S/C18H17ClN2O2/c1-11(2)23-17-6-4-3-5-16(17)20-10-14-13-9-12(19)7-8-15(13)21-18(14)22/h3-11,21-22H,1-2H3. The molecule has 0 radical (unpaired) electrons. The number of halogens is 1. The van der Waals surface area contributed by atoms with Gasteiger partial charge in [-0.25, -0.2) is 0 Å². The Bertz CT molecular complexity index is 869. The van der Waals surface area contributed by atoms with Crippen molar-refractivity contribution in [2.75, 3.05) is 0 Å². The summed E-state index contributed by atoms with van der Waals surface area (Å²) in [7, 11) is 0. The van der Waals surface area contributed by atoms with Crippen LogP contribution in [0.25, 0.3) is 10.9 Å². The van der Waals surface area contributed by atoms with Crippen molar-refractivity contribution in [2.45, 2.75) is 20.0 Å². The minimum atomic E-state index is 0.0617. The molecule has 5 heteroatoms. The first kappa shape index (κ1) is 15.4. The number of aromatic amines is 1. The van der Waals surface area contributed by atoms with E-state index in [9.17, 15) is 5.11 Å². The van der Waals surface area contributed by atoms with E-state index < -0.39 is 0 Å². The van der Waals surface area contributed by atoms with Gasteiger partial charge in [0.1, 0.15) is 11.4 Å². The highest BCUT2D eigenvalue weighted by Crippen LogP contribution is 2.31. The van der Waals surface area contributed by atoms with E-state index in [-0.39, 0.29) is 12.0 Å². The summed E-state index contributed by atoms with van der Waals surface area (Å²) in [6, 6.07) is 12.9. The van der Waals surface area contributed by atoms with Crippen LogP contribution in [0.3, 0.4) is 0 Å². The number of benzene rings is 2. The molecule has 0 saturated carbocycles. The van der Waals surface area contributed by atoms with Crippen LogP contribution in [0.1, 0.15) is 19.4 Å². The summed E-state index contributed by atoms with van der Waals surface area (Å²) in [5.74, 6) is 0.768. The average molecular weight is 329 g/mol. The van der Waals surface area contributed by atoms with Crippen molar-refractivity contribution in [1.29, 1.82) is 0 Å². The van der Waals surface area contributed by atoms with Crippen molar-refractivity contribution >= 4 is 34.4 Å². The molecule has 118 valence electrons. The average Bonchev–Trinajstić information content (AvgIpc) is 2.81. The smallest absolute Gasteiger partial charge is 0.198 e. The molecule has 23 heavy (non-hydrogen) atoms. The first-order valence-corrected chi connectivity index (χ1v) is 7.72.